The van der Waals surface area contributed by atoms with Crippen molar-refractivity contribution in [1.82, 2.24) is 14.5 Å². The molecule has 1 heterocycles. The Morgan fingerprint density at radius 2 is 1.92 bits per heavy atom. The van der Waals surface area contributed by atoms with E-state index in [0.29, 0.717) is 18.2 Å². The summed E-state index contributed by atoms with van der Waals surface area (Å²) in [6.45, 7) is 4.44. The summed E-state index contributed by atoms with van der Waals surface area (Å²) in [5.41, 5.74) is 1.64. The molecule has 1 aromatic heterocycles. The molecule has 6 heteroatoms. The third kappa shape index (κ3) is 3.87. The third-order valence-corrected chi connectivity index (χ3v) is 6.39. The molecule has 2 atom stereocenters. The first kappa shape index (κ1) is 17.2. The normalized spacial score (nSPS) is 21.8. The van der Waals surface area contributed by atoms with Crippen LogP contribution in [0.15, 0.2) is 41.4 Å². The zero-order valence-corrected chi connectivity index (χ0v) is 15.1. The second kappa shape index (κ2) is 7.07. The summed E-state index contributed by atoms with van der Waals surface area (Å²) in [5, 5.41) is 4.38. The summed E-state index contributed by atoms with van der Waals surface area (Å²) in [5.74, 6) is 0.383. The Bertz CT molecular complexity index is 784. The minimum atomic E-state index is -3.53. The fourth-order valence-corrected chi connectivity index (χ4v) is 4.93. The van der Waals surface area contributed by atoms with Crippen LogP contribution in [0.2, 0.25) is 0 Å². The molecule has 0 amide bonds. The van der Waals surface area contributed by atoms with E-state index in [2.05, 4.69) is 16.7 Å². The van der Waals surface area contributed by atoms with E-state index in [-0.39, 0.29) is 10.9 Å². The van der Waals surface area contributed by atoms with Crippen LogP contribution >= 0.6 is 0 Å². The third-order valence-electron chi connectivity index (χ3n) is 4.80. The number of aromatic nitrogens is 2. The van der Waals surface area contributed by atoms with Crippen molar-refractivity contribution in [1.29, 1.82) is 0 Å². The van der Waals surface area contributed by atoms with E-state index in [4.69, 9.17) is 0 Å². The van der Waals surface area contributed by atoms with Gasteiger partial charge in [-0.1, -0.05) is 50.1 Å². The van der Waals surface area contributed by atoms with E-state index >= 15 is 0 Å². The summed E-state index contributed by atoms with van der Waals surface area (Å²) in [4.78, 5) is 0.288. The van der Waals surface area contributed by atoms with Gasteiger partial charge in [-0.2, -0.15) is 5.10 Å². The van der Waals surface area contributed by atoms with E-state index in [1.165, 1.54) is 6.42 Å². The lowest BCUT2D eigenvalue weighted by molar-refractivity contribution is 0.310. The zero-order valence-electron chi connectivity index (χ0n) is 14.3. The Balaban J connectivity index is 1.78. The van der Waals surface area contributed by atoms with Gasteiger partial charge in [-0.05, 0) is 31.2 Å². The number of aryl methyl sites for hydroxylation is 1. The summed E-state index contributed by atoms with van der Waals surface area (Å²) in [6.07, 6.45) is 5.91. The summed E-state index contributed by atoms with van der Waals surface area (Å²) < 4.78 is 30.1. The van der Waals surface area contributed by atoms with Gasteiger partial charge in [-0.15, -0.1) is 0 Å². The summed E-state index contributed by atoms with van der Waals surface area (Å²) in [7, 11) is -3.53. The Morgan fingerprint density at radius 3 is 2.62 bits per heavy atom. The summed E-state index contributed by atoms with van der Waals surface area (Å²) >= 11 is 0. The molecule has 0 aliphatic heterocycles. The van der Waals surface area contributed by atoms with Gasteiger partial charge in [0.1, 0.15) is 4.90 Å². The molecule has 1 fully saturated rings. The molecule has 3 rings (SSSR count). The predicted octanol–water partition coefficient (Wildman–Crippen LogP) is 3.10. The average molecular weight is 347 g/mol. The minimum Gasteiger partial charge on any atom is -0.267 e. The van der Waals surface area contributed by atoms with Crippen LogP contribution < -0.4 is 4.72 Å². The second-order valence-corrected chi connectivity index (χ2v) is 8.43. The van der Waals surface area contributed by atoms with Crippen molar-refractivity contribution in [3.05, 3.63) is 47.8 Å². The maximum absolute atomic E-state index is 12.8. The lowest BCUT2D eigenvalue weighted by Crippen LogP contribution is -2.41. The molecule has 2 unspecified atom stereocenters. The first-order valence-corrected chi connectivity index (χ1v) is 10.0. The molecule has 1 aliphatic carbocycles. The fraction of sp³-hybridized carbons (Fsp3) is 0.500. The van der Waals surface area contributed by atoms with Crippen LogP contribution in [0.3, 0.4) is 0 Å². The van der Waals surface area contributed by atoms with E-state index < -0.39 is 10.0 Å². The van der Waals surface area contributed by atoms with Crippen molar-refractivity contribution in [2.45, 2.75) is 57.0 Å². The molecule has 5 nitrogen and oxygen atoms in total. The van der Waals surface area contributed by atoms with Gasteiger partial charge >= 0.3 is 0 Å². The maximum Gasteiger partial charge on any atom is 0.244 e. The van der Waals surface area contributed by atoms with Crippen LogP contribution in [0, 0.1) is 12.8 Å². The molecular weight excluding hydrogens is 322 g/mol. The Kier molecular flexibility index (Phi) is 5.06. The van der Waals surface area contributed by atoms with E-state index in [1.54, 1.807) is 17.8 Å². The highest BCUT2D eigenvalue weighted by molar-refractivity contribution is 7.89. The van der Waals surface area contributed by atoms with E-state index in [9.17, 15) is 8.42 Å². The molecule has 1 N–H and O–H groups in total. The van der Waals surface area contributed by atoms with Gasteiger partial charge in [-0.25, -0.2) is 13.1 Å². The molecule has 1 aliphatic rings. The lowest BCUT2D eigenvalue weighted by atomic mass is 9.87. The van der Waals surface area contributed by atoms with E-state index in [1.807, 2.05) is 30.3 Å². The maximum atomic E-state index is 12.8. The Labute approximate surface area is 144 Å². The van der Waals surface area contributed by atoms with Crippen molar-refractivity contribution in [2.24, 2.45) is 5.92 Å². The first-order valence-electron chi connectivity index (χ1n) is 8.56. The van der Waals surface area contributed by atoms with Crippen LogP contribution in [-0.2, 0) is 16.6 Å². The quantitative estimate of drug-likeness (QED) is 0.904. The fourth-order valence-electron chi connectivity index (χ4n) is 3.37. The predicted molar refractivity (Wildman–Crippen MR) is 94.2 cm³/mol. The van der Waals surface area contributed by atoms with Crippen LogP contribution in [0.1, 0.15) is 43.9 Å². The topological polar surface area (TPSA) is 64.0 Å². The van der Waals surface area contributed by atoms with Crippen LogP contribution in [0.4, 0.5) is 0 Å². The standard InChI is InChI=1S/C18H25N3O2S/c1-14-8-6-7-11-17(14)20-24(22,23)18-13-21(19-15(18)2)12-16-9-4-3-5-10-16/h3-5,9-10,13-14,17,20H,6-8,11-12H2,1-2H3. The van der Waals surface area contributed by atoms with Crippen molar-refractivity contribution >= 4 is 10.0 Å². The highest BCUT2D eigenvalue weighted by atomic mass is 32.2. The van der Waals surface area contributed by atoms with E-state index in [0.717, 1.165) is 24.8 Å². The van der Waals surface area contributed by atoms with Crippen molar-refractivity contribution in [3.8, 4) is 0 Å². The van der Waals surface area contributed by atoms with Crippen LogP contribution in [0.25, 0.3) is 0 Å². The number of nitrogens with zero attached hydrogens (tertiary/aromatic N) is 2. The molecule has 1 saturated carbocycles. The molecular formula is C18H25N3O2S. The molecule has 2 aromatic rings. The van der Waals surface area contributed by atoms with Gasteiger partial charge in [0.05, 0.1) is 12.2 Å². The van der Waals surface area contributed by atoms with Gasteiger partial charge in [0.15, 0.2) is 0 Å². The van der Waals surface area contributed by atoms with Crippen LogP contribution in [0.5, 0.6) is 0 Å². The van der Waals surface area contributed by atoms with Crippen molar-refractivity contribution in [2.75, 3.05) is 0 Å². The van der Waals surface area contributed by atoms with Crippen molar-refractivity contribution < 1.29 is 8.42 Å². The largest absolute Gasteiger partial charge is 0.267 e. The van der Waals surface area contributed by atoms with Gasteiger partial charge < -0.3 is 0 Å². The number of rotatable bonds is 5. The van der Waals surface area contributed by atoms with Gasteiger partial charge in [0, 0.05) is 12.2 Å². The SMILES string of the molecule is Cc1nn(Cc2ccccc2)cc1S(=O)(=O)NC1CCCCC1C. The molecule has 0 spiro atoms. The average Bonchev–Trinajstić information content (AvgIpc) is 2.92. The lowest BCUT2D eigenvalue weighted by Gasteiger charge is -2.29. The highest BCUT2D eigenvalue weighted by Gasteiger charge is 2.28. The smallest absolute Gasteiger partial charge is 0.244 e. The second-order valence-electron chi connectivity index (χ2n) is 6.75. The minimum absolute atomic E-state index is 0.0284. The summed E-state index contributed by atoms with van der Waals surface area (Å²) in [6, 6.07) is 9.94. The molecule has 24 heavy (non-hydrogen) atoms. The highest BCUT2D eigenvalue weighted by Crippen LogP contribution is 2.25. The van der Waals surface area contributed by atoms with Gasteiger partial charge in [-0.3, -0.25) is 4.68 Å². The molecule has 130 valence electrons. The Morgan fingerprint density at radius 1 is 1.21 bits per heavy atom. The number of sulfonamides is 1. The number of nitrogens with one attached hydrogen (secondary N) is 1. The van der Waals surface area contributed by atoms with Gasteiger partial charge in [0.2, 0.25) is 10.0 Å². The Hall–Kier alpha value is -1.66. The molecule has 0 bridgehead atoms. The zero-order chi connectivity index (χ0) is 17.2. The van der Waals surface area contributed by atoms with Gasteiger partial charge in [0.25, 0.3) is 0 Å². The molecule has 1 aromatic carbocycles. The van der Waals surface area contributed by atoms with Crippen molar-refractivity contribution in [3.63, 3.8) is 0 Å². The van der Waals surface area contributed by atoms with Crippen LogP contribution in [-0.4, -0.2) is 24.2 Å². The monoisotopic (exact) mass is 347 g/mol. The molecule has 0 radical (unpaired) electrons. The first-order chi connectivity index (χ1) is 11.5. The number of hydrogen-bond donors (Lipinski definition) is 1. The number of benzene rings is 1. The number of hydrogen-bond acceptors (Lipinski definition) is 3. The molecule has 0 saturated heterocycles.